The van der Waals surface area contributed by atoms with Gasteiger partial charge in [0.1, 0.15) is 0 Å². The van der Waals surface area contributed by atoms with Gasteiger partial charge >= 0.3 is 5.97 Å². The molecule has 35 heavy (non-hydrogen) atoms. The summed E-state index contributed by atoms with van der Waals surface area (Å²) in [5.74, 6) is -1.29. The average molecular weight is 484 g/mol. The first-order valence-electron chi connectivity index (χ1n) is 12.0. The van der Waals surface area contributed by atoms with Gasteiger partial charge in [-0.1, -0.05) is 29.4 Å². The van der Waals surface area contributed by atoms with Gasteiger partial charge in [-0.25, -0.2) is 9.18 Å². The zero-order chi connectivity index (χ0) is 24.8. The molecule has 5 aliphatic rings. The van der Waals surface area contributed by atoms with Gasteiger partial charge in [0.15, 0.2) is 5.84 Å². The van der Waals surface area contributed by atoms with E-state index >= 15 is 0 Å². The second kappa shape index (κ2) is 8.78. The van der Waals surface area contributed by atoms with E-state index < -0.39 is 11.8 Å². The highest BCUT2D eigenvalue weighted by atomic mass is 19.1. The highest BCUT2D eigenvalue weighted by molar-refractivity contribution is 6.01. The van der Waals surface area contributed by atoms with Gasteiger partial charge in [0, 0.05) is 47.7 Å². The number of nitrogens with one attached hydrogen (secondary N) is 1. The number of nitrogens with zero attached hydrogens (tertiary/aromatic N) is 2. The van der Waals surface area contributed by atoms with E-state index in [0.717, 1.165) is 12.0 Å². The van der Waals surface area contributed by atoms with Crippen LogP contribution in [-0.2, 0) is 14.3 Å². The largest absolute Gasteiger partial charge is 0.478 e. The third kappa shape index (κ3) is 4.45. The number of amides is 1. The van der Waals surface area contributed by atoms with Crippen LogP contribution in [0.4, 0.5) is 10.1 Å². The normalized spacial score (nSPS) is 23.2. The molecule has 3 fully saturated rings. The van der Waals surface area contributed by atoms with Crippen molar-refractivity contribution in [1.29, 1.82) is 0 Å². The minimum Gasteiger partial charge on any atom is -0.478 e. The Labute approximate surface area is 203 Å². The number of hydrogen-bond acceptors (Lipinski definition) is 5. The second-order valence-corrected chi connectivity index (χ2v) is 10.5. The molecule has 1 amide bonds. The second-order valence-electron chi connectivity index (χ2n) is 10.5. The van der Waals surface area contributed by atoms with Crippen molar-refractivity contribution in [3.8, 4) is 0 Å². The van der Waals surface area contributed by atoms with Crippen molar-refractivity contribution in [2.75, 3.05) is 24.7 Å². The number of anilines is 1. The molecular formula is C26H30FN3O5. The number of rotatable bonds is 9. The molecule has 1 aliphatic heterocycles. The van der Waals surface area contributed by atoms with Gasteiger partial charge in [-0.3, -0.25) is 4.79 Å². The number of ether oxygens (including phenoxy) is 1. The fourth-order valence-corrected chi connectivity index (χ4v) is 5.69. The Morgan fingerprint density at radius 1 is 1.29 bits per heavy atom. The highest BCUT2D eigenvalue weighted by Gasteiger charge is 2.60. The van der Waals surface area contributed by atoms with E-state index in [0.29, 0.717) is 68.1 Å². The van der Waals surface area contributed by atoms with E-state index in [-0.39, 0.29) is 35.6 Å². The molecule has 3 N–H and O–H groups in total. The van der Waals surface area contributed by atoms with Gasteiger partial charge in [-0.05, 0) is 49.7 Å². The maximum atomic E-state index is 13.3. The van der Waals surface area contributed by atoms with E-state index in [9.17, 15) is 24.3 Å². The lowest BCUT2D eigenvalue weighted by Gasteiger charge is -2.51. The van der Waals surface area contributed by atoms with Crippen molar-refractivity contribution in [1.82, 2.24) is 5.32 Å². The Morgan fingerprint density at radius 2 is 2.06 bits per heavy atom. The van der Waals surface area contributed by atoms with Crippen LogP contribution >= 0.6 is 0 Å². The molecule has 0 aromatic heterocycles. The Balaban J connectivity index is 1.36. The number of fused-ring (bicyclic) bond motifs is 2. The van der Waals surface area contributed by atoms with Crippen LogP contribution in [-0.4, -0.2) is 53.8 Å². The number of carboxylic acids is 1. The van der Waals surface area contributed by atoms with Crippen LogP contribution in [0, 0.1) is 10.8 Å². The Hall–Kier alpha value is -3.20. The van der Waals surface area contributed by atoms with Gasteiger partial charge in [-0.15, -0.1) is 0 Å². The molecule has 9 heteroatoms. The monoisotopic (exact) mass is 483 g/mol. The molecule has 1 aromatic carbocycles. The molecule has 1 atom stereocenters. The van der Waals surface area contributed by atoms with Gasteiger partial charge in [-0.2, -0.15) is 0 Å². The number of hydrogen-bond donors (Lipinski definition) is 3. The Morgan fingerprint density at radius 3 is 2.60 bits per heavy atom. The number of benzene rings is 1. The zero-order valence-electron chi connectivity index (χ0n) is 19.6. The molecule has 1 saturated heterocycles. The van der Waals surface area contributed by atoms with Crippen LogP contribution in [0.1, 0.15) is 50.5 Å². The Kier molecular flexibility index (Phi) is 5.91. The third-order valence-corrected chi connectivity index (χ3v) is 7.98. The summed E-state index contributed by atoms with van der Waals surface area (Å²) >= 11 is 0. The predicted octanol–water partition coefficient (Wildman–Crippen LogP) is 3.75. The van der Waals surface area contributed by atoms with Gasteiger partial charge in [0.05, 0.1) is 19.0 Å². The number of halogens is 1. The van der Waals surface area contributed by atoms with E-state index in [1.54, 1.807) is 17.0 Å². The van der Waals surface area contributed by atoms with Crippen molar-refractivity contribution >= 4 is 23.4 Å². The number of allylic oxidation sites excluding steroid dienone is 2. The molecule has 1 unspecified atom stereocenters. The quantitative estimate of drug-likeness (QED) is 0.214. The summed E-state index contributed by atoms with van der Waals surface area (Å²) in [6, 6.07) is 7.41. The summed E-state index contributed by atoms with van der Waals surface area (Å²) in [7, 11) is 0. The first kappa shape index (κ1) is 23.5. The zero-order valence-corrected chi connectivity index (χ0v) is 19.6. The van der Waals surface area contributed by atoms with Crippen LogP contribution in [0.2, 0.25) is 0 Å². The van der Waals surface area contributed by atoms with E-state index in [4.69, 9.17) is 4.74 Å². The topological polar surface area (TPSA) is 111 Å². The molecule has 186 valence electrons. The smallest absolute Gasteiger partial charge is 0.331 e. The lowest BCUT2D eigenvalue weighted by Crippen LogP contribution is -2.48. The van der Waals surface area contributed by atoms with Crippen molar-refractivity contribution in [2.24, 2.45) is 16.0 Å². The lowest BCUT2D eigenvalue weighted by molar-refractivity contribution is -0.133. The molecule has 2 bridgehead atoms. The van der Waals surface area contributed by atoms with Gasteiger partial charge in [0.2, 0.25) is 5.91 Å². The number of carbonyl (C=O) groups is 2. The summed E-state index contributed by atoms with van der Waals surface area (Å²) in [5, 5.41) is 25.8. The Bertz CT molecular complexity index is 1130. The molecule has 0 radical (unpaired) electrons. The van der Waals surface area contributed by atoms with Crippen molar-refractivity contribution < 1.29 is 29.0 Å². The minimum absolute atomic E-state index is 0.0114. The average Bonchev–Trinajstić information content (AvgIpc) is 3.54. The summed E-state index contributed by atoms with van der Waals surface area (Å²) < 4.78 is 18.7. The fraction of sp³-hybridized carbons (Fsp3) is 0.500. The first-order chi connectivity index (χ1) is 16.7. The number of amidine groups is 1. The van der Waals surface area contributed by atoms with E-state index in [1.807, 2.05) is 12.1 Å². The van der Waals surface area contributed by atoms with Gasteiger partial charge < -0.3 is 25.3 Å². The number of oxime groups is 1. The molecule has 1 heterocycles. The molecule has 6 rings (SSSR count). The maximum Gasteiger partial charge on any atom is 0.331 e. The van der Waals surface area contributed by atoms with Crippen molar-refractivity contribution in [2.45, 2.75) is 51.0 Å². The molecule has 1 aromatic rings. The SMILES string of the molecule is C=C(F)CCC(=O)N(CC12CCC(C(=O)O)=C(C1)C2)c1cccc(/C(=N/O)NC2CC23COC3)c1. The molecular weight excluding hydrogens is 453 g/mol. The predicted molar refractivity (Wildman–Crippen MR) is 127 cm³/mol. The molecule has 4 aliphatic carbocycles. The van der Waals surface area contributed by atoms with Crippen molar-refractivity contribution in [3.05, 3.63) is 53.4 Å². The number of aliphatic carboxylic acids is 1. The van der Waals surface area contributed by atoms with Crippen LogP contribution in [0.3, 0.4) is 0 Å². The summed E-state index contributed by atoms with van der Waals surface area (Å²) in [4.78, 5) is 26.4. The summed E-state index contributed by atoms with van der Waals surface area (Å²) in [6.07, 6.45) is 3.39. The van der Waals surface area contributed by atoms with E-state index in [2.05, 4.69) is 17.1 Å². The number of carboxylic acid groups (broad SMARTS) is 1. The first-order valence-corrected chi connectivity index (χ1v) is 12.0. The van der Waals surface area contributed by atoms with Crippen LogP contribution in [0.25, 0.3) is 0 Å². The van der Waals surface area contributed by atoms with Crippen LogP contribution in [0.5, 0.6) is 0 Å². The minimum atomic E-state index is -0.857. The van der Waals surface area contributed by atoms with Crippen molar-refractivity contribution in [3.63, 3.8) is 0 Å². The third-order valence-electron chi connectivity index (χ3n) is 7.98. The summed E-state index contributed by atoms with van der Waals surface area (Å²) in [6.45, 7) is 5.09. The molecule has 8 nitrogen and oxygen atoms in total. The standard InChI is InChI=1S/C26H30FN3O5/c1-16(27)5-6-22(31)30(13-25-8-7-20(24(32)33)18(10-25)11-25)19-4-2-3-17(9-19)23(29-34)28-21-12-26(21)14-35-15-26/h2-4,9,21,34H,1,5-8,10-15H2,(H,28,29)(H,32,33). The number of carbonyl (C=O) groups excluding carboxylic acids is 1. The molecule has 2 saturated carbocycles. The van der Waals surface area contributed by atoms with Crippen LogP contribution in [0.15, 0.2) is 53.0 Å². The lowest BCUT2D eigenvalue weighted by atomic mass is 9.57. The van der Waals surface area contributed by atoms with Crippen LogP contribution < -0.4 is 10.2 Å². The maximum absolute atomic E-state index is 13.3. The highest BCUT2D eigenvalue weighted by Crippen LogP contribution is 2.56. The van der Waals surface area contributed by atoms with E-state index in [1.165, 1.54) is 0 Å². The van der Waals surface area contributed by atoms with Gasteiger partial charge in [0.25, 0.3) is 0 Å². The fourth-order valence-electron chi connectivity index (χ4n) is 5.69. The summed E-state index contributed by atoms with van der Waals surface area (Å²) in [5.41, 5.74) is 2.69. The molecule has 1 spiro atoms.